The summed E-state index contributed by atoms with van der Waals surface area (Å²) in [5.41, 5.74) is 7.21. The number of allylic oxidation sites excluding steroid dienone is 4. The molecule has 0 saturated heterocycles. The average molecular weight is 450 g/mol. The Balaban J connectivity index is 1.61. The fourth-order valence-electron chi connectivity index (χ4n) is 3.98. The molecule has 0 unspecified atom stereocenters. The standard InChI is InChI=1S/C26H32FN5O/c1-5-19(27)14-28-26(16(3)4)30-23(33)15-32-25(18-8-7-9-18)20-12-13-22(17-10-11-17)29-24(20)21(6-2)31-32/h5,12-14,17H,6-11,15H2,1-4H3,(H,30,33)/b19-5+,28-14?. The van der Waals surface area contributed by atoms with E-state index < -0.39 is 5.83 Å². The fourth-order valence-corrected chi connectivity index (χ4v) is 3.98. The minimum atomic E-state index is -0.456. The molecule has 2 fully saturated rings. The van der Waals surface area contributed by atoms with E-state index in [1.165, 1.54) is 24.5 Å². The molecule has 2 saturated carbocycles. The number of hydrazone groups is 1. The SMILES string of the molecule is C/C=C(/F)C=NC(NC(=O)CN1N=C(CC)c2nc(C3CC3)ccc2C1=C1CCC1)=C(C)C. The first-order chi connectivity index (χ1) is 15.9. The van der Waals surface area contributed by atoms with Crippen LogP contribution in [0, 0.1) is 0 Å². The number of carbonyl (C=O) groups is 1. The molecule has 2 aliphatic carbocycles. The highest BCUT2D eigenvalue weighted by molar-refractivity contribution is 6.05. The number of aromatic nitrogens is 1. The molecular weight excluding hydrogens is 417 g/mol. The second-order valence-corrected chi connectivity index (χ2v) is 9.00. The molecule has 4 rings (SSSR count). The van der Waals surface area contributed by atoms with Crippen LogP contribution < -0.4 is 5.32 Å². The van der Waals surface area contributed by atoms with Crippen LogP contribution in [0.1, 0.15) is 89.1 Å². The highest BCUT2D eigenvalue weighted by Crippen LogP contribution is 2.42. The van der Waals surface area contributed by atoms with E-state index in [2.05, 4.69) is 29.4 Å². The molecule has 1 aromatic rings. The number of halogens is 1. The molecule has 0 atom stereocenters. The van der Waals surface area contributed by atoms with Gasteiger partial charge in [0, 0.05) is 17.2 Å². The quantitative estimate of drug-likeness (QED) is 0.551. The molecule has 7 heteroatoms. The van der Waals surface area contributed by atoms with Crippen molar-refractivity contribution in [1.82, 2.24) is 15.3 Å². The van der Waals surface area contributed by atoms with Crippen molar-refractivity contribution < 1.29 is 9.18 Å². The normalized spacial score (nSPS) is 18.2. The van der Waals surface area contributed by atoms with Gasteiger partial charge in [-0.2, -0.15) is 5.10 Å². The van der Waals surface area contributed by atoms with Crippen molar-refractivity contribution in [2.45, 2.75) is 72.1 Å². The molecule has 1 amide bonds. The van der Waals surface area contributed by atoms with Gasteiger partial charge in [0.25, 0.3) is 0 Å². The van der Waals surface area contributed by atoms with Gasteiger partial charge in [0.2, 0.25) is 5.91 Å². The van der Waals surface area contributed by atoms with Crippen molar-refractivity contribution in [2.24, 2.45) is 10.1 Å². The van der Waals surface area contributed by atoms with Gasteiger partial charge in [-0.15, -0.1) is 0 Å². The molecule has 0 spiro atoms. The van der Waals surface area contributed by atoms with Crippen molar-refractivity contribution in [1.29, 1.82) is 0 Å². The number of hydrogen-bond acceptors (Lipinski definition) is 5. The fraction of sp³-hybridized carbons (Fsp3) is 0.462. The third kappa shape index (κ3) is 5.13. The number of rotatable bonds is 7. The highest BCUT2D eigenvalue weighted by Gasteiger charge is 2.32. The van der Waals surface area contributed by atoms with Crippen LogP contribution in [-0.2, 0) is 4.79 Å². The van der Waals surface area contributed by atoms with Crippen molar-refractivity contribution >= 4 is 23.5 Å². The number of nitrogens with zero attached hydrogens (tertiary/aromatic N) is 4. The molecule has 33 heavy (non-hydrogen) atoms. The van der Waals surface area contributed by atoms with Crippen molar-refractivity contribution in [3.63, 3.8) is 0 Å². The topological polar surface area (TPSA) is 70.0 Å². The van der Waals surface area contributed by atoms with Gasteiger partial charge in [0.05, 0.1) is 23.3 Å². The van der Waals surface area contributed by atoms with Gasteiger partial charge in [-0.25, -0.2) is 9.38 Å². The summed E-state index contributed by atoms with van der Waals surface area (Å²) in [6.07, 6.45) is 8.76. The van der Waals surface area contributed by atoms with E-state index in [0.717, 1.165) is 65.8 Å². The van der Waals surface area contributed by atoms with E-state index >= 15 is 0 Å². The highest BCUT2D eigenvalue weighted by atomic mass is 19.1. The lowest BCUT2D eigenvalue weighted by Crippen LogP contribution is -2.37. The van der Waals surface area contributed by atoms with Gasteiger partial charge in [0.15, 0.2) is 0 Å². The van der Waals surface area contributed by atoms with Crippen molar-refractivity contribution in [2.75, 3.05) is 6.54 Å². The lowest BCUT2D eigenvalue weighted by Gasteiger charge is -2.34. The Morgan fingerprint density at radius 1 is 1.30 bits per heavy atom. The number of pyridine rings is 1. The second kappa shape index (κ2) is 9.81. The van der Waals surface area contributed by atoms with Gasteiger partial charge < -0.3 is 5.32 Å². The smallest absolute Gasteiger partial charge is 0.247 e. The molecule has 1 aliphatic heterocycles. The van der Waals surface area contributed by atoms with Crippen LogP contribution in [-0.4, -0.2) is 34.4 Å². The maximum atomic E-state index is 13.5. The number of carbonyl (C=O) groups excluding carboxylic acids is 1. The maximum Gasteiger partial charge on any atom is 0.247 e. The Morgan fingerprint density at radius 2 is 2.06 bits per heavy atom. The molecule has 174 valence electrons. The lowest BCUT2D eigenvalue weighted by molar-refractivity contribution is -0.120. The molecule has 0 aromatic carbocycles. The van der Waals surface area contributed by atoms with Gasteiger partial charge in [-0.1, -0.05) is 13.0 Å². The molecule has 0 bridgehead atoms. The number of aliphatic imine (C=N–C) groups is 1. The lowest BCUT2D eigenvalue weighted by atomic mass is 9.86. The molecule has 6 nitrogen and oxygen atoms in total. The van der Waals surface area contributed by atoms with Gasteiger partial charge in [0.1, 0.15) is 18.2 Å². The summed E-state index contributed by atoms with van der Waals surface area (Å²) >= 11 is 0. The third-order valence-electron chi connectivity index (χ3n) is 6.18. The Morgan fingerprint density at radius 3 is 2.64 bits per heavy atom. The summed E-state index contributed by atoms with van der Waals surface area (Å²) < 4.78 is 13.5. The van der Waals surface area contributed by atoms with E-state index in [9.17, 15) is 9.18 Å². The third-order valence-corrected chi connectivity index (χ3v) is 6.18. The van der Waals surface area contributed by atoms with Gasteiger partial charge in [-0.05, 0) is 82.6 Å². The van der Waals surface area contributed by atoms with E-state index in [-0.39, 0.29) is 12.5 Å². The summed E-state index contributed by atoms with van der Waals surface area (Å²) in [6, 6.07) is 4.30. The van der Waals surface area contributed by atoms with Gasteiger partial charge >= 0.3 is 0 Å². The Kier molecular flexibility index (Phi) is 6.86. The largest absolute Gasteiger partial charge is 0.309 e. The number of amides is 1. The summed E-state index contributed by atoms with van der Waals surface area (Å²) in [5.74, 6) is 0.227. The second-order valence-electron chi connectivity index (χ2n) is 9.00. The summed E-state index contributed by atoms with van der Waals surface area (Å²) in [7, 11) is 0. The minimum Gasteiger partial charge on any atom is -0.309 e. The Bertz CT molecular complexity index is 1100. The number of hydrogen-bond donors (Lipinski definition) is 1. The number of nitrogens with one attached hydrogen (secondary N) is 1. The molecule has 1 aromatic heterocycles. The summed E-state index contributed by atoms with van der Waals surface area (Å²) in [5, 5.41) is 9.52. The molecule has 2 heterocycles. The molecular formula is C26H32FN5O. The average Bonchev–Trinajstić information content (AvgIpc) is 3.61. The van der Waals surface area contributed by atoms with Crippen LogP contribution in [0.15, 0.2) is 51.1 Å². The van der Waals surface area contributed by atoms with Crippen LogP contribution in [0.4, 0.5) is 4.39 Å². The summed E-state index contributed by atoms with van der Waals surface area (Å²) in [4.78, 5) is 22.1. The first kappa shape index (κ1) is 23.1. The predicted molar refractivity (Wildman–Crippen MR) is 130 cm³/mol. The van der Waals surface area contributed by atoms with E-state index in [4.69, 9.17) is 10.1 Å². The summed E-state index contributed by atoms with van der Waals surface area (Å²) in [6.45, 7) is 7.38. The van der Waals surface area contributed by atoms with Gasteiger partial charge in [-0.3, -0.25) is 14.8 Å². The van der Waals surface area contributed by atoms with Crippen LogP contribution in [0.3, 0.4) is 0 Å². The maximum absolute atomic E-state index is 13.5. The molecule has 3 aliphatic rings. The Hall–Kier alpha value is -3.09. The van der Waals surface area contributed by atoms with Crippen molar-refractivity contribution in [3.8, 4) is 0 Å². The first-order valence-corrected chi connectivity index (χ1v) is 11.8. The number of fused-ring (bicyclic) bond motifs is 1. The monoisotopic (exact) mass is 449 g/mol. The van der Waals surface area contributed by atoms with Crippen molar-refractivity contribution in [3.05, 3.63) is 58.0 Å². The zero-order valence-electron chi connectivity index (χ0n) is 19.9. The predicted octanol–water partition coefficient (Wildman–Crippen LogP) is 5.60. The van der Waals surface area contributed by atoms with Crippen LogP contribution >= 0.6 is 0 Å². The van der Waals surface area contributed by atoms with E-state index in [0.29, 0.717) is 11.7 Å². The van der Waals surface area contributed by atoms with Crippen LogP contribution in [0.5, 0.6) is 0 Å². The van der Waals surface area contributed by atoms with Crippen LogP contribution in [0.2, 0.25) is 0 Å². The zero-order valence-corrected chi connectivity index (χ0v) is 19.9. The van der Waals surface area contributed by atoms with E-state index in [1.54, 1.807) is 6.92 Å². The molecule has 1 N–H and O–H groups in total. The minimum absolute atomic E-state index is 0.0601. The van der Waals surface area contributed by atoms with E-state index in [1.807, 2.05) is 18.9 Å². The first-order valence-electron chi connectivity index (χ1n) is 11.8. The Labute approximate surface area is 195 Å². The zero-order chi connectivity index (χ0) is 23.5. The molecule has 0 radical (unpaired) electrons. The van der Waals surface area contributed by atoms with Crippen LogP contribution in [0.25, 0.3) is 5.70 Å².